The SMILES string of the molecule is COc1cccc([C@@H]2c3cc4c(cc3O[C@@](C)([NH+]3CCCC3)[C@@H]2C)OCO4)c1O. The minimum absolute atomic E-state index is 0.0542. The van der Waals surface area contributed by atoms with E-state index in [0.29, 0.717) is 11.5 Å². The molecule has 3 aliphatic rings. The van der Waals surface area contributed by atoms with Gasteiger partial charge in [0.25, 0.3) is 0 Å². The third-order valence-corrected chi connectivity index (χ3v) is 7.03. The second-order valence-corrected chi connectivity index (χ2v) is 8.43. The number of hydrogen-bond donors (Lipinski definition) is 2. The third-order valence-electron chi connectivity index (χ3n) is 7.03. The van der Waals surface area contributed by atoms with E-state index in [1.807, 2.05) is 24.3 Å². The standard InChI is InChI=1S/C23H27NO5/c1-14-21(15-7-6-8-17(26-3)22(15)25)16-11-19-20(28-13-27-19)12-18(16)29-23(14,2)24-9-4-5-10-24/h6-8,11-12,14,21,25H,4-5,9-10,13H2,1-3H3/p+1/t14-,21-,23-/m1/s1. The van der Waals surface area contributed by atoms with Gasteiger partial charge in [0.2, 0.25) is 12.5 Å². The summed E-state index contributed by atoms with van der Waals surface area (Å²) in [7, 11) is 1.58. The van der Waals surface area contributed by atoms with Gasteiger partial charge in [0, 0.05) is 42.9 Å². The zero-order valence-corrected chi connectivity index (χ0v) is 17.2. The summed E-state index contributed by atoms with van der Waals surface area (Å²) in [5.41, 5.74) is 1.46. The number of rotatable bonds is 3. The fraction of sp³-hybridized carbons (Fsp3) is 0.478. The summed E-state index contributed by atoms with van der Waals surface area (Å²) in [6.45, 7) is 6.84. The van der Waals surface area contributed by atoms with Gasteiger partial charge in [-0.15, -0.1) is 0 Å². The molecule has 0 amide bonds. The summed E-state index contributed by atoms with van der Waals surface area (Å²) >= 11 is 0. The van der Waals surface area contributed by atoms with E-state index in [1.165, 1.54) is 17.7 Å². The van der Waals surface area contributed by atoms with Crippen molar-refractivity contribution in [3.63, 3.8) is 0 Å². The predicted molar refractivity (Wildman–Crippen MR) is 107 cm³/mol. The molecule has 0 aliphatic carbocycles. The summed E-state index contributed by atoms with van der Waals surface area (Å²) < 4.78 is 23.3. The number of benzene rings is 2. The molecule has 0 spiro atoms. The van der Waals surface area contributed by atoms with Crippen molar-refractivity contribution in [2.45, 2.75) is 38.3 Å². The second-order valence-electron chi connectivity index (χ2n) is 8.43. The highest BCUT2D eigenvalue weighted by Crippen LogP contribution is 2.53. The van der Waals surface area contributed by atoms with Crippen LogP contribution < -0.4 is 23.8 Å². The van der Waals surface area contributed by atoms with Crippen molar-refractivity contribution in [3.8, 4) is 28.7 Å². The molecule has 29 heavy (non-hydrogen) atoms. The largest absolute Gasteiger partial charge is 0.504 e. The Balaban J connectivity index is 1.70. The number of methoxy groups -OCH3 is 1. The molecule has 6 heteroatoms. The predicted octanol–water partition coefficient (Wildman–Crippen LogP) is 2.68. The molecule has 1 fully saturated rings. The fourth-order valence-corrected chi connectivity index (χ4v) is 5.26. The molecule has 2 aromatic rings. The molecule has 3 aliphatic heterocycles. The number of nitrogens with one attached hydrogen (secondary N) is 1. The van der Waals surface area contributed by atoms with Crippen LogP contribution in [-0.2, 0) is 0 Å². The Bertz CT molecular complexity index is 939. The van der Waals surface area contributed by atoms with Crippen LogP contribution in [0.15, 0.2) is 30.3 Å². The van der Waals surface area contributed by atoms with Crippen LogP contribution in [0.3, 0.4) is 0 Å². The molecule has 1 saturated heterocycles. The highest BCUT2D eigenvalue weighted by atomic mass is 16.7. The van der Waals surface area contributed by atoms with E-state index >= 15 is 0 Å². The maximum Gasteiger partial charge on any atom is 0.242 e. The first-order chi connectivity index (χ1) is 14.0. The van der Waals surface area contributed by atoms with E-state index < -0.39 is 5.72 Å². The topological polar surface area (TPSA) is 61.6 Å². The van der Waals surface area contributed by atoms with Gasteiger partial charge in [0.05, 0.1) is 26.1 Å². The van der Waals surface area contributed by atoms with Crippen LogP contribution in [0.5, 0.6) is 28.7 Å². The summed E-state index contributed by atoms with van der Waals surface area (Å²) in [6, 6.07) is 9.66. The van der Waals surface area contributed by atoms with Gasteiger partial charge < -0.3 is 24.1 Å². The third kappa shape index (κ3) is 2.73. The van der Waals surface area contributed by atoms with E-state index in [1.54, 1.807) is 13.2 Å². The monoisotopic (exact) mass is 398 g/mol. The van der Waals surface area contributed by atoms with E-state index in [2.05, 4.69) is 13.8 Å². The maximum absolute atomic E-state index is 11.0. The van der Waals surface area contributed by atoms with Gasteiger partial charge in [-0.05, 0) is 12.1 Å². The smallest absolute Gasteiger partial charge is 0.242 e. The van der Waals surface area contributed by atoms with E-state index in [-0.39, 0.29) is 24.4 Å². The summed E-state index contributed by atoms with van der Waals surface area (Å²) in [5.74, 6) is 2.99. The van der Waals surface area contributed by atoms with Crippen LogP contribution in [0, 0.1) is 5.92 Å². The molecular weight excluding hydrogens is 370 g/mol. The van der Waals surface area contributed by atoms with Gasteiger partial charge in [0.1, 0.15) is 5.75 Å². The highest BCUT2D eigenvalue weighted by molar-refractivity contribution is 5.59. The molecule has 0 unspecified atom stereocenters. The van der Waals surface area contributed by atoms with Crippen LogP contribution in [0.4, 0.5) is 0 Å². The fourth-order valence-electron chi connectivity index (χ4n) is 5.26. The molecule has 0 bridgehead atoms. The Morgan fingerprint density at radius 1 is 1.07 bits per heavy atom. The number of hydrogen-bond acceptors (Lipinski definition) is 5. The lowest BCUT2D eigenvalue weighted by Gasteiger charge is -2.47. The molecule has 0 radical (unpaired) electrons. The number of likely N-dealkylation sites (tertiary alicyclic amines) is 1. The first kappa shape index (κ1) is 18.4. The Kier molecular flexibility index (Phi) is 4.28. The molecule has 3 heterocycles. The van der Waals surface area contributed by atoms with Crippen molar-refractivity contribution >= 4 is 0 Å². The van der Waals surface area contributed by atoms with E-state index in [9.17, 15) is 5.11 Å². The minimum atomic E-state index is -0.405. The Morgan fingerprint density at radius 2 is 1.79 bits per heavy atom. The van der Waals surface area contributed by atoms with Gasteiger partial charge in [-0.2, -0.15) is 0 Å². The van der Waals surface area contributed by atoms with Crippen molar-refractivity contribution in [1.82, 2.24) is 0 Å². The van der Waals surface area contributed by atoms with Gasteiger partial charge in [-0.3, -0.25) is 4.90 Å². The maximum atomic E-state index is 11.0. The first-order valence-corrected chi connectivity index (χ1v) is 10.4. The van der Waals surface area contributed by atoms with Crippen LogP contribution in [0.2, 0.25) is 0 Å². The normalized spacial score (nSPS) is 28.1. The lowest BCUT2D eigenvalue weighted by Crippen LogP contribution is -3.20. The molecular formula is C23H28NO5+. The molecule has 0 aromatic heterocycles. The molecule has 154 valence electrons. The molecule has 2 aromatic carbocycles. The van der Waals surface area contributed by atoms with Gasteiger partial charge in [0.15, 0.2) is 23.0 Å². The Morgan fingerprint density at radius 3 is 2.52 bits per heavy atom. The highest BCUT2D eigenvalue weighted by Gasteiger charge is 2.53. The quantitative estimate of drug-likeness (QED) is 0.833. The Labute approximate surface area is 170 Å². The summed E-state index contributed by atoms with van der Waals surface area (Å²) in [6.07, 6.45) is 2.42. The van der Waals surface area contributed by atoms with Crippen molar-refractivity contribution in [2.75, 3.05) is 27.0 Å². The van der Waals surface area contributed by atoms with Crippen molar-refractivity contribution in [2.24, 2.45) is 5.92 Å². The average Bonchev–Trinajstić information content (AvgIpc) is 3.40. The number of para-hydroxylation sites is 1. The van der Waals surface area contributed by atoms with Crippen molar-refractivity contribution < 1.29 is 29.0 Å². The van der Waals surface area contributed by atoms with Crippen molar-refractivity contribution in [1.29, 1.82) is 0 Å². The van der Waals surface area contributed by atoms with Gasteiger partial charge >= 0.3 is 0 Å². The minimum Gasteiger partial charge on any atom is -0.504 e. The molecule has 3 atom stereocenters. The second kappa shape index (κ2) is 6.73. The lowest BCUT2D eigenvalue weighted by molar-refractivity contribution is -0.967. The molecule has 2 N–H and O–H groups in total. The number of phenols is 1. The lowest BCUT2D eigenvalue weighted by atomic mass is 9.73. The first-order valence-electron chi connectivity index (χ1n) is 10.4. The Hall–Kier alpha value is -2.60. The van der Waals surface area contributed by atoms with E-state index in [0.717, 1.165) is 35.7 Å². The van der Waals surface area contributed by atoms with Gasteiger partial charge in [-0.25, -0.2) is 0 Å². The van der Waals surface area contributed by atoms with Crippen LogP contribution in [0.1, 0.15) is 43.7 Å². The number of phenolic OH excluding ortho intramolecular Hbond substituents is 1. The number of ether oxygens (including phenoxy) is 4. The molecule has 6 nitrogen and oxygen atoms in total. The summed E-state index contributed by atoms with van der Waals surface area (Å²) in [5, 5.41) is 11.0. The number of aromatic hydroxyl groups is 1. The van der Waals surface area contributed by atoms with Gasteiger partial charge in [-0.1, -0.05) is 19.1 Å². The zero-order valence-electron chi connectivity index (χ0n) is 17.2. The van der Waals surface area contributed by atoms with Crippen LogP contribution in [-0.4, -0.2) is 37.8 Å². The average molecular weight is 398 g/mol. The van der Waals surface area contributed by atoms with Crippen LogP contribution in [0.25, 0.3) is 0 Å². The number of quaternary nitrogens is 1. The zero-order chi connectivity index (χ0) is 20.2. The summed E-state index contributed by atoms with van der Waals surface area (Å²) in [4.78, 5) is 1.46. The molecule has 0 saturated carbocycles. The van der Waals surface area contributed by atoms with Crippen molar-refractivity contribution in [3.05, 3.63) is 41.5 Å². The van der Waals surface area contributed by atoms with E-state index in [4.69, 9.17) is 18.9 Å². The number of fused-ring (bicyclic) bond motifs is 2. The van der Waals surface area contributed by atoms with Crippen LogP contribution >= 0.6 is 0 Å². The molecule has 5 rings (SSSR count).